The molecular formula is C29H48N2O2S2. The summed E-state index contributed by atoms with van der Waals surface area (Å²) in [5.74, 6) is 0.902. The first-order valence-electron chi connectivity index (χ1n) is 12.8. The summed E-state index contributed by atoms with van der Waals surface area (Å²) in [5, 5.41) is 12.1. The molecule has 0 aliphatic heterocycles. The lowest BCUT2D eigenvalue weighted by Crippen LogP contribution is -2.42. The molecule has 1 unspecified atom stereocenters. The fourth-order valence-corrected chi connectivity index (χ4v) is 5.20. The standard InChI is InChI=1S/C29H48N2O2S2/c1-4-5-6-7-8-9-10-11-12-13-14-15-16-17-18-19-20-21-22-23-28(33)31-24-25-34-35-29(2,3)27(30)26-32/h5-6,8-9,11-12,14-15,17-18,20-21,27,32H,4,7,10,13,16,19,22-26,30H2,1-3H3,(H,31,33)/b6-5-,9-8-,12-11-,15-14-,18-17-,21-20-. The molecule has 4 N–H and O–H groups in total. The molecule has 0 rings (SSSR count). The van der Waals surface area contributed by atoms with E-state index in [4.69, 9.17) is 5.73 Å². The summed E-state index contributed by atoms with van der Waals surface area (Å²) < 4.78 is -0.195. The fraction of sp³-hybridized carbons (Fsp3) is 0.552. The zero-order valence-electron chi connectivity index (χ0n) is 22.0. The molecule has 0 fully saturated rings. The Balaban J connectivity index is 3.65. The van der Waals surface area contributed by atoms with Crippen LogP contribution in [0.1, 0.15) is 72.1 Å². The van der Waals surface area contributed by atoms with E-state index in [1.165, 1.54) is 0 Å². The van der Waals surface area contributed by atoms with Gasteiger partial charge < -0.3 is 16.2 Å². The number of rotatable bonds is 21. The van der Waals surface area contributed by atoms with E-state index in [0.29, 0.717) is 13.0 Å². The summed E-state index contributed by atoms with van der Waals surface area (Å²) in [6.45, 7) is 6.82. The van der Waals surface area contributed by atoms with Crippen LogP contribution >= 0.6 is 21.6 Å². The summed E-state index contributed by atoms with van der Waals surface area (Å²) in [4.78, 5) is 11.9. The van der Waals surface area contributed by atoms with Crippen molar-refractivity contribution >= 4 is 27.5 Å². The summed E-state index contributed by atoms with van der Waals surface area (Å²) >= 11 is 0. The van der Waals surface area contributed by atoms with Gasteiger partial charge in [0.2, 0.25) is 5.91 Å². The van der Waals surface area contributed by atoms with Crippen LogP contribution in [0.25, 0.3) is 0 Å². The fourth-order valence-electron chi connectivity index (χ4n) is 2.65. The average molecular weight is 521 g/mol. The van der Waals surface area contributed by atoms with Gasteiger partial charge >= 0.3 is 0 Å². The molecule has 0 aromatic rings. The molecule has 0 aromatic heterocycles. The summed E-state index contributed by atoms with van der Waals surface area (Å²) in [5.41, 5.74) is 5.90. The number of allylic oxidation sites excluding steroid dienone is 12. The van der Waals surface area contributed by atoms with E-state index in [1.807, 2.05) is 13.8 Å². The van der Waals surface area contributed by atoms with E-state index in [0.717, 1.165) is 50.7 Å². The molecule has 198 valence electrons. The second-order valence-electron chi connectivity index (χ2n) is 8.60. The second kappa shape index (κ2) is 24.2. The summed E-state index contributed by atoms with van der Waals surface area (Å²) in [7, 11) is 3.33. The first kappa shape index (κ1) is 33.5. The van der Waals surface area contributed by atoms with Crippen LogP contribution in [-0.4, -0.2) is 40.7 Å². The van der Waals surface area contributed by atoms with E-state index in [9.17, 15) is 9.90 Å². The van der Waals surface area contributed by atoms with Gasteiger partial charge in [0.05, 0.1) is 6.61 Å². The van der Waals surface area contributed by atoms with Gasteiger partial charge in [0.15, 0.2) is 0 Å². The highest BCUT2D eigenvalue weighted by Gasteiger charge is 2.26. The van der Waals surface area contributed by atoms with Crippen molar-refractivity contribution < 1.29 is 9.90 Å². The van der Waals surface area contributed by atoms with Crippen molar-refractivity contribution in [3.8, 4) is 0 Å². The highest BCUT2D eigenvalue weighted by Crippen LogP contribution is 2.36. The van der Waals surface area contributed by atoms with Crippen molar-refractivity contribution in [1.82, 2.24) is 5.32 Å². The van der Waals surface area contributed by atoms with Crippen molar-refractivity contribution in [2.45, 2.75) is 82.9 Å². The Morgan fingerprint density at radius 2 is 1.31 bits per heavy atom. The lowest BCUT2D eigenvalue weighted by Gasteiger charge is -2.28. The molecule has 0 radical (unpaired) electrons. The van der Waals surface area contributed by atoms with Gasteiger partial charge in [0.1, 0.15) is 0 Å². The van der Waals surface area contributed by atoms with Gasteiger partial charge in [-0.25, -0.2) is 0 Å². The Morgan fingerprint density at radius 1 is 0.857 bits per heavy atom. The first-order chi connectivity index (χ1) is 16.9. The number of aliphatic hydroxyl groups is 1. The topological polar surface area (TPSA) is 75.4 Å². The number of carbonyl (C=O) groups is 1. The SMILES string of the molecule is CC/C=C\C/C=C\C/C=C\C/C=C\C/C=C\C/C=C\CCC(=O)NCCSSC(C)(C)C(N)CO. The number of amides is 1. The quantitative estimate of drug-likeness (QED) is 0.0858. The van der Waals surface area contributed by atoms with Crippen LogP contribution in [0.2, 0.25) is 0 Å². The molecule has 4 nitrogen and oxygen atoms in total. The molecule has 1 amide bonds. The zero-order chi connectivity index (χ0) is 26.0. The molecule has 1 atom stereocenters. The van der Waals surface area contributed by atoms with E-state index in [1.54, 1.807) is 21.6 Å². The largest absolute Gasteiger partial charge is 0.395 e. The minimum atomic E-state index is -0.254. The summed E-state index contributed by atoms with van der Waals surface area (Å²) in [6.07, 6.45) is 33.4. The Bertz CT molecular complexity index is 695. The predicted molar refractivity (Wildman–Crippen MR) is 160 cm³/mol. The van der Waals surface area contributed by atoms with Gasteiger partial charge in [-0.15, -0.1) is 0 Å². The van der Waals surface area contributed by atoms with Crippen LogP contribution in [0.3, 0.4) is 0 Å². The Kier molecular flexibility index (Phi) is 23.2. The lowest BCUT2D eigenvalue weighted by molar-refractivity contribution is -0.120. The van der Waals surface area contributed by atoms with Gasteiger partial charge in [-0.1, -0.05) is 101 Å². The maximum Gasteiger partial charge on any atom is 0.220 e. The van der Waals surface area contributed by atoms with Crippen LogP contribution in [0.15, 0.2) is 72.9 Å². The molecule has 35 heavy (non-hydrogen) atoms. The van der Waals surface area contributed by atoms with Crippen LogP contribution in [0, 0.1) is 0 Å². The number of nitrogens with one attached hydrogen (secondary N) is 1. The molecule has 0 saturated heterocycles. The highest BCUT2D eigenvalue weighted by molar-refractivity contribution is 8.77. The second-order valence-corrected chi connectivity index (χ2v) is 11.7. The minimum absolute atomic E-state index is 0.0219. The van der Waals surface area contributed by atoms with Gasteiger partial charge in [-0.2, -0.15) is 0 Å². The third-order valence-corrected chi connectivity index (χ3v) is 8.37. The summed E-state index contributed by atoms with van der Waals surface area (Å²) in [6, 6.07) is -0.254. The normalized spacial score (nSPS) is 14.1. The Morgan fingerprint density at radius 3 is 1.77 bits per heavy atom. The van der Waals surface area contributed by atoms with Gasteiger partial charge in [-0.05, 0) is 58.8 Å². The van der Waals surface area contributed by atoms with Crippen molar-refractivity contribution in [2.75, 3.05) is 18.9 Å². The molecular weight excluding hydrogens is 472 g/mol. The number of hydrogen-bond donors (Lipinski definition) is 3. The monoisotopic (exact) mass is 520 g/mol. The number of carbonyl (C=O) groups excluding carboxylic acids is 1. The van der Waals surface area contributed by atoms with Gasteiger partial charge in [0.25, 0.3) is 0 Å². The Hall–Kier alpha value is -1.47. The molecule has 0 heterocycles. The molecule has 6 heteroatoms. The van der Waals surface area contributed by atoms with Gasteiger partial charge in [-0.3, -0.25) is 4.79 Å². The molecule has 0 aromatic carbocycles. The van der Waals surface area contributed by atoms with Crippen LogP contribution in [-0.2, 0) is 4.79 Å². The van der Waals surface area contributed by atoms with Crippen LogP contribution in [0.5, 0.6) is 0 Å². The number of nitrogens with two attached hydrogens (primary N) is 1. The van der Waals surface area contributed by atoms with Crippen molar-refractivity contribution in [3.05, 3.63) is 72.9 Å². The molecule has 0 aliphatic rings. The van der Waals surface area contributed by atoms with Crippen LogP contribution in [0.4, 0.5) is 0 Å². The van der Waals surface area contributed by atoms with Crippen molar-refractivity contribution in [1.29, 1.82) is 0 Å². The van der Waals surface area contributed by atoms with E-state index >= 15 is 0 Å². The molecule has 0 saturated carbocycles. The van der Waals surface area contributed by atoms with Crippen LogP contribution < -0.4 is 11.1 Å². The average Bonchev–Trinajstić information content (AvgIpc) is 2.84. The maximum absolute atomic E-state index is 11.9. The van der Waals surface area contributed by atoms with Crippen molar-refractivity contribution in [2.24, 2.45) is 5.73 Å². The van der Waals surface area contributed by atoms with E-state index < -0.39 is 0 Å². The van der Waals surface area contributed by atoms with E-state index in [-0.39, 0.29) is 23.3 Å². The zero-order valence-corrected chi connectivity index (χ0v) is 23.7. The molecule has 0 bridgehead atoms. The third kappa shape index (κ3) is 22.7. The predicted octanol–water partition coefficient (Wildman–Crippen LogP) is 7.06. The maximum atomic E-state index is 11.9. The Labute approximate surface area is 222 Å². The molecule has 0 spiro atoms. The third-order valence-electron chi connectivity index (χ3n) is 5.01. The number of hydrogen-bond acceptors (Lipinski definition) is 5. The smallest absolute Gasteiger partial charge is 0.220 e. The minimum Gasteiger partial charge on any atom is -0.395 e. The highest BCUT2D eigenvalue weighted by atomic mass is 33.1. The first-order valence-corrected chi connectivity index (χ1v) is 15.1. The van der Waals surface area contributed by atoms with E-state index in [2.05, 4.69) is 85.2 Å². The lowest BCUT2D eigenvalue weighted by atomic mass is 10.1. The van der Waals surface area contributed by atoms with Crippen molar-refractivity contribution in [3.63, 3.8) is 0 Å². The molecule has 0 aliphatic carbocycles. The number of aliphatic hydroxyl groups excluding tert-OH is 1. The van der Waals surface area contributed by atoms with Gasteiger partial charge in [0, 0.05) is 29.5 Å².